The first-order valence-electron chi connectivity index (χ1n) is 9.48. The van der Waals surface area contributed by atoms with Crippen molar-refractivity contribution in [3.8, 4) is 0 Å². The molecule has 3 rings (SSSR count). The summed E-state index contributed by atoms with van der Waals surface area (Å²) in [5, 5.41) is 2.78. The van der Waals surface area contributed by atoms with Gasteiger partial charge in [0, 0.05) is 37.5 Å². The summed E-state index contributed by atoms with van der Waals surface area (Å²) in [5.41, 5.74) is 1.48. The summed E-state index contributed by atoms with van der Waals surface area (Å²) in [6.07, 6.45) is 4.26. The number of alkyl halides is 2. The summed E-state index contributed by atoms with van der Waals surface area (Å²) in [7, 11) is 0. The van der Waals surface area contributed by atoms with Gasteiger partial charge in [0.25, 0.3) is 11.8 Å². The van der Waals surface area contributed by atoms with Crippen molar-refractivity contribution in [2.75, 3.05) is 23.3 Å². The maximum absolute atomic E-state index is 13.6. The molecule has 1 aliphatic heterocycles. The van der Waals surface area contributed by atoms with Crippen LogP contribution in [0.25, 0.3) is 0 Å². The van der Waals surface area contributed by atoms with E-state index in [9.17, 15) is 13.6 Å². The highest BCUT2D eigenvalue weighted by atomic mass is 19.3. The number of rotatable bonds is 4. The fourth-order valence-electron chi connectivity index (χ4n) is 2.79. The fourth-order valence-corrected chi connectivity index (χ4v) is 2.79. The first-order valence-corrected chi connectivity index (χ1v) is 9.48. The van der Waals surface area contributed by atoms with E-state index in [1.807, 2.05) is 27.7 Å². The molecule has 3 heterocycles. The standard InChI is InChI=1S/C18H21F2N5O.C2H6/c1-11(2)15-22-8-13(9-23-15)17(26)24-14-12(3)4-6-21-16(14)25-7-5-18(19,20)10-25;1-2/h4,6,8-9,11H,5,7,10H2,1-3H3,(H,24,26);1-2H3. The first kappa shape index (κ1) is 21.7. The molecule has 0 saturated carbocycles. The molecule has 0 spiro atoms. The number of aromatic nitrogens is 3. The second kappa shape index (κ2) is 9.03. The maximum Gasteiger partial charge on any atom is 0.266 e. The fraction of sp³-hybridized carbons (Fsp3) is 0.500. The van der Waals surface area contributed by atoms with E-state index in [1.54, 1.807) is 19.2 Å². The van der Waals surface area contributed by atoms with Gasteiger partial charge < -0.3 is 10.2 Å². The monoisotopic (exact) mass is 391 g/mol. The normalized spacial score (nSPS) is 15.2. The van der Waals surface area contributed by atoms with E-state index in [1.165, 1.54) is 17.3 Å². The van der Waals surface area contributed by atoms with Gasteiger partial charge >= 0.3 is 0 Å². The Hall–Kier alpha value is -2.64. The van der Waals surface area contributed by atoms with Gasteiger partial charge in [-0.1, -0.05) is 27.7 Å². The largest absolute Gasteiger partial charge is 0.349 e. The lowest BCUT2D eigenvalue weighted by Crippen LogP contribution is -2.27. The Morgan fingerprint density at radius 3 is 2.39 bits per heavy atom. The zero-order valence-electron chi connectivity index (χ0n) is 17.0. The summed E-state index contributed by atoms with van der Waals surface area (Å²) in [6.45, 7) is 9.52. The lowest BCUT2D eigenvalue weighted by molar-refractivity contribution is 0.0257. The van der Waals surface area contributed by atoms with Gasteiger partial charge in [0.1, 0.15) is 5.82 Å². The highest BCUT2D eigenvalue weighted by Gasteiger charge is 2.39. The number of pyridine rings is 1. The molecule has 1 fully saturated rings. The van der Waals surface area contributed by atoms with Crippen molar-refractivity contribution in [3.05, 3.63) is 41.6 Å². The Kier molecular flexibility index (Phi) is 6.99. The highest BCUT2D eigenvalue weighted by molar-refractivity contribution is 6.05. The van der Waals surface area contributed by atoms with E-state index in [4.69, 9.17) is 0 Å². The average molecular weight is 391 g/mol. The minimum atomic E-state index is -2.74. The van der Waals surface area contributed by atoms with Crippen LogP contribution in [0.1, 0.15) is 61.8 Å². The zero-order chi connectivity index (χ0) is 20.9. The molecule has 1 amide bonds. The van der Waals surface area contributed by atoms with Crippen molar-refractivity contribution in [3.63, 3.8) is 0 Å². The van der Waals surface area contributed by atoms with E-state index in [0.717, 1.165) is 5.56 Å². The van der Waals surface area contributed by atoms with Crippen molar-refractivity contribution in [1.29, 1.82) is 0 Å². The Labute approximate surface area is 164 Å². The number of aryl methyl sites for hydroxylation is 1. The van der Waals surface area contributed by atoms with E-state index in [0.29, 0.717) is 22.9 Å². The smallest absolute Gasteiger partial charge is 0.266 e. The van der Waals surface area contributed by atoms with Crippen molar-refractivity contribution in [2.45, 2.75) is 52.9 Å². The zero-order valence-corrected chi connectivity index (χ0v) is 17.0. The molecule has 2 aromatic heterocycles. The Bertz CT molecular complexity index is 809. The van der Waals surface area contributed by atoms with Crippen LogP contribution in [0.3, 0.4) is 0 Å². The molecule has 0 atom stereocenters. The summed E-state index contributed by atoms with van der Waals surface area (Å²) >= 11 is 0. The SMILES string of the molecule is CC.Cc1ccnc(N2CCC(F)(F)C2)c1NC(=O)c1cnc(C(C)C)nc1. The van der Waals surface area contributed by atoms with Crippen molar-refractivity contribution >= 4 is 17.4 Å². The number of carbonyl (C=O) groups is 1. The van der Waals surface area contributed by atoms with E-state index in [2.05, 4.69) is 20.3 Å². The van der Waals surface area contributed by atoms with Crippen molar-refractivity contribution in [2.24, 2.45) is 0 Å². The van der Waals surface area contributed by atoms with Gasteiger partial charge in [-0.15, -0.1) is 0 Å². The van der Waals surface area contributed by atoms with E-state index in [-0.39, 0.29) is 18.9 Å². The lowest BCUT2D eigenvalue weighted by Gasteiger charge is -2.22. The molecule has 0 aromatic carbocycles. The van der Waals surface area contributed by atoms with E-state index < -0.39 is 18.4 Å². The maximum atomic E-state index is 13.6. The quantitative estimate of drug-likeness (QED) is 0.835. The molecule has 28 heavy (non-hydrogen) atoms. The van der Waals surface area contributed by atoms with Gasteiger partial charge in [-0.2, -0.15) is 0 Å². The molecule has 1 N–H and O–H groups in total. The minimum absolute atomic E-state index is 0.163. The second-order valence-electron chi connectivity index (χ2n) is 6.79. The van der Waals surface area contributed by atoms with Gasteiger partial charge in [-0.05, 0) is 18.6 Å². The molecule has 0 bridgehead atoms. The van der Waals surface area contributed by atoms with Crippen LogP contribution in [0.2, 0.25) is 0 Å². The average Bonchev–Trinajstić information content (AvgIpc) is 3.04. The van der Waals surface area contributed by atoms with Gasteiger partial charge in [-0.3, -0.25) is 4.79 Å². The van der Waals surface area contributed by atoms with Crippen LogP contribution in [0.15, 0.2) is 24.7 Å². The Balaban J connectivity index is 0.00000136. The third kappa shape index (κ3) is 4.99. The Morgan fingerprint density at radius 2 is 1.86 bits per heavy atom. The number of hydrogen-bond acceptors (Lipinski definition) is 5. The molecule has 152 valence electrons. The summed E-state index contributed by atoms with van der Waals surface area (Å²) in [5.74, 6) is -1.97. The minimum Gasteiger partial charge on any atom is -0.349 e. The molecule has 1 aliphatic rings. The van der Waals surface area contributed by atoms with Crippen LogP contribution in [0.5, 0.6) is 0 Å². The Morgan fingerprint density at radius 1 is 1.21 bits per heavy atom. The van der Waals surface area contributed by atoms with Gasteiger partial charge in [0.2, 0.25) is 0 Å². The first-order chi connectivity index (χ1) is 13.3. The third-order valence-electron chi connectivity index (χ3n) is 4.30. The number of halogens is 2. The molecular formula is C20H27F2N5O. The molecule has 8 heteroatoms. The van der Waals surface area contributed by atoms with Crippen LogP contribution >= 0.6 is 0 Å². The number of nitrogens with zero attached hydrogens (tertiary/aromatic N) is 4. The second-order valence-corrected chi connectivity index (χ2v) is 6.79. The molecule has 1 saturated heterocycles. The van der Waals surface area contributed by atoms with Crippen LogP contribution < -0.4 is 10.2 Å². The van der Waals surface area contributed by atoms with Gasteiger partial charge in [0.05, 0.1) is 17.8 Å². The predicted octanol–water partition coefficient (Wildman–Crippen LogP) is 4.43. The van der Waals surface area contributed by atoms with Crippen molar-refractivity contribution < 1.29 is 13.6 Å². The number of anilines is 2. The number of amides is 1. The van der Waals surface area contributed by atoms with Crippen LogP contribution in [-0.4, -0.2) is 39.9 Å². The third-order valence-corrected chi connectivity index (χ3v) is 4.30. The number of hydrogen-bond donors (Lipinski definition) is 1. The van der Waals surface area contributed by atoms with Crippen LogP contribution in [-0.2, 0) is 0 Å². The van der Waals surface area contributed by atoms with Crippen LogP contribution in [0.4, 0.5) is 20.3 Å². The van der Waals surface area contributed by atoms with Gasteiger partial charge in [-0.25, -0.2) is 23.7 Å². The number of nitrogens with one attached hydrogen (secondary N) is 1. The number of carbonyl (C=O) groups excluding carboxylic acids is 1. The summed E-state index contributed by atoms with van der Waals surface area (Å²) in [6, 6.07) is 1.73. The van der Waals surface area contributed by atoms with E-state index >= 15 is 0 Å². The lowest BCUT2D eigenvalue weighted by atomic mass is 10.2. The topological polar surface area (TPSA) is 71.0 Å². The summed E-state index contributed by atoms with van der Waals surface area (Å²) < 4.78 is 27.1. The predicted molar refractivity (Wildman–Crippen MR) is 106 cm³/mol. The van der Waals surface area contributed by atoms with Crippen LogP contribution in [0, 0.1) is 6.92 Å². The molecule has 2 aromatic rings. The molecule has 0 unspecified atom stereocenters. The molecular weight excluding hydrogens is 364 g/mol. The molecule has 0 radical (unpaired) electrons. The highest BCUT2D eigenvalue weighted by Crippen LogP contribution is 2.35. The molecule has 0 aliphatic carbocycles. The summed E-state index contributed by atoms with van der Waals surface area (Å²) in [4.78, 5) is 26.6. The van der Waals surface area contributed by atoms with Crippen molar-refractivity contribution in [1.82, 2.24) is 15.0 Å². The van der Waals surface area contributed by atoms with Gasteiger partial charge in [0.15, 0.2) is 5.82 Å². The molecule has 6 nitrogen and oxygen atoms in total.